The van der Waals surface area contributed by atoms with Crippen LogP contribution in [0.2, 0.25) is 5.15 Å². The molecule has 0 aromatic carbocycles. The molecule has 2 aliphatic rings. The number of imidazole rings is 1. The van der Waals surface area contributed by atoms with E-state index in [2.05, 4.69) is 20.2 Å². The smallest absolute Gasteiger partial charge is 0.219 e. The highest BCUT2D eigenvalue weighted by molar-refractivity contribution is 6.32. The van der Waals surface area contributed by atoms with Gasteiger partial charge in [0.05, 0.1) is 18.9 Å². The summed E-state index contributed by atoms with van der Waals surface area (Å²) in [6.07, 6.45) is 4.16. The largest absolute Gasteiger partial charge is 0.378 e. The van der Waals surface area contributed by atoms with Crippen molar-refractivity contribution in [3.8, 4) is 11.3 Å². The van der Waals surface area contributed by atoms with Crippen molar-refractivity contribution < 1.29 is 4.74 Å². The van der Waals surface area contributed by atoms with Crippen molar-refractivity contribution in [2.24, 2.45) is 0 Å². The molecule has 2 aliphatic heterocycles. The predicted octanol–water partition coefficient (Wildman–Crippen LogP) is 0.904. The van der Waals surface area contributed by atoms with Gasteiger partial charge in [0.25, 0.3) is 0 Å². The highest BCUT2D eigenvalue weighted by atomic mass is 35.5. The minimum absolute atomic E-state index is 0.218. The molecule has 0 bridgehead atoms. The number of hydrogen-bond donors (Lipinski definition) is 2. The number of nitrogens with zero attached hydrogens (tertiary/aromatic N) is 6. The summed E-state index contributed by atoms with van der Waals surface area (Å²) in [6.45, 7) is 4.48. The van der Waals surface area contributed by atoms with Crippen molar-refractivity contribution in [2.75, 3.05) is 43.5 Å². The van der Waals surface area contributed by atoms with Crippen molar-refractivity contribution in [2.45, 2.75) is 13.0 Å². The number of morpholine rings is 1. The molecule has 5 heterocycles. The third-order valence-corrected chi connectivity index (χ3v) is 5.30. The molecule has 3 aromatic rings. The molecule has 0 aliphatic carbocycles. The quantitative estimate of drug-likeness (QED) is 0.669. The standard InChI is InChI=1S/C17H19ClN8O/c18-14-13(10-7-21-17(19)22-8-10)24-15(25-3-5-27-6-4-25)16-23-11-9-20-2-1-12(11)26(14)16/h7-8,20H,1-6,9H2,(H2,19,21,22). The predicted molar refractivity (Wildman–Crippen MR) is 102 cm³/mol. The third-order valence-electron chi connectivity index (χ3n) is 4.95. The fourth-order valence-electron chi connectivity index (χ4n) is 3.61. The van der Waals surface area contributed by atoms with Crippen LogP contribution in [0.4, 0.5) is 11.8 Å². The number of hydrogen-bond acceptors (Lipinski definition) is 8. The second-order valence-corrected chi connectivity index (χ2v) is 6.95. The van der Waals surface area contributed by atoms with Gasteiger partial charge >= 0.3 is 0 Å². The maximum Gasteiger partial charge on any atom is 0.219 e. The van der Waals surface area contributed by atoms with Crippen LogP contribution in [0.25, 0.3) is 16.9 Å². The molecule has 9 nitrogen and oxygen atoms in total. The number of ether oxygens (including phenoxy) is 1. The van der Waals surface area contributed by atoms with Gasteiger partial charge in [-0.25, -0.2) is 19.9 Å². The Hall–Kier alpha value is -2.49. The van der Waals surface area contributed by atoms with Crippen LogP contribution in [0.5, 0.6) is 0 Å². The topological polar surface area (TPSA) is 106 Å². The highest BCUT2D eigenvalue weighted by Gasteiger charge is 2.26. The minimum atomic E-state index is 0.218. The van der Waals surface area contributed by atoms with E-state index in [1.165, 1.54) is 0 Å². The van der Waals surface area contributed by atoms with Gasteiger partial charge in [0.1, 0.15) is 10.8 Å². The first kappa shape index (κ1) is 16.7. The Morgan fingerprint density at radius 1 is 1.15 bits per heavy atom. The average Bonchev–Trinajstić information content (AvgIpc) is 3.10. The lowest BCUT2D eigenvalue weighted by atomic mass is 10.2. The summed E-state index contributed by atoms with van der Waals surface area (Å²) in [5.74, 6) is 1.03. The zero-order valence-corrected chi connectivity index (χ0v) is 15.4. The molecule has 1 saturated heterocycles. The Bertz CT molecular complexity index is 997. The van der Waals surface area contributed by atoms with Crippen LogP contribution < -0.4 is 16.0 Å². The summed E-state index contributed by atoms with van der Waals surface area (Å²) in [7, 11) is 0. The molecular weight excluding hydrogens is 368 g/mol. The molecule has 1 fully saturated rings. The zero-order chi connectivity index (χ0) is 18.4. The molecule has 3 aromatic heterocycles. The summed E-state index contributed by atoms with van der Waals surface area (Å²) < 4.78 is 7.53. The molecule has 10 heteroatoms. The first-order valence-corrected chi connectivity index (χ1v) is 9.31. The summed E-state index contributed by atoms with van der Waals surface area (Å²) in [5, 5.41) is 3.89. The van der Waals surface area contributed by atoms with E-state index in [-0.39, 0.29) is 5.95 Å². The van der Waals surface area contributed by atoms with Crippen molar-refractivity contribution in [1.29, 1.82) is 0 Å². The fourth-order valence-corrected chi connectivity index (χ4v) is 3.94. The molecule has 140 valence electrons. The highest BCUT2D eigenvalue weighted by Crippen LogP contribution is 2.34. The number of halogens is 1. The second-order valence-electron chi connectivity index (χ2n) is 6.60. The van der Waals surface area contributed by atoms with Crippen molar-refractivity contribution in [3.63, 3.8) is 0 Å². The molecule has 0 amide bonds. The molecule has 27 heavy (non-hydrogen) atoms. The lowest BCUT2D eigenvalue weighted by Crippen LogP contribution is -2.37. The summed E-state index contributed by atoms with van der Waals surface area (Å²) in [5.41, 5.74) is 9.92. The van der Waals surface area contributed by atoms with Gasteiger partial charge in [0.2, 0.25) is 5.95 Å². The molecular formula is C17H19ClN8O. The normalized spacial score (nSPS) is 17.3. The van der Waals surface area contributed by atoms with Gasteiger partial charge in [-0.15, -0.1) is 0 Å². The van der Waals surface area contributed by atoms with E-state index in [0.717, 1.165) is 61.0 Å². The van der Waals surface area contributed by atoms with E-state index >= 15 is 0 Å². The maximum absolute atomic E-state index is 6.82. The van der Waals surface area contributed by atoms with Crippen LogP contribution in [0.3, 0.4) is 0 Å². The Kier molecular flexibility index (Phi) is 4.07. The van der Waals surface area contributed by atoms with Crippen LogP contribution in [0.1, 0.15) is 11.4 Å². The lowest BCUT2D eigenvalue weighted by molar-refractivity contribution is 0.122. The Labute approximate surface area is 160 Å². The van der Waals surface area contributed by atoms with Crippen LogP contribution in [0.15, 0.2) is 12.4 Å². The molecule has 0 unspecified atom stereocenters. The van der Waals surface area contributed by atoms with Gasteiger partial charge in [-0.1, -0.05) is 11.6 Å². The second kappa shape index (κ2) is 6.59. The number of anilines is 2. The number of fused-ring (bicyclic) bond motifs is 3. The van der Waals surface area contributed by atoms with Gasteiger partial charge in [-0.3, -0.25) is 4.40 Å². The van der Waals surface area contributed by atoms with Gasteiger partial charge in [0.15, 0.2) is 11.5 Å². The molecule has 3 N–H and O–H groups in total. The number of nitrogen functional groups attached to an aromatic ring is 1. The van der Waals surface area contributed by atoms with E-state index in [9.17, 15) is 0 Å². The minimum Gasteiger partial charge on any atom is -0.378 e. The van der Waals surface area contributed by atoms with Crippen LogP contribution >= 0.6 is 11.6 Å². The van der Waals surface area contributed by atoms with Crippen LogP contribution in [-0.2, 0) is 17.7 Å². The van der Waals surface area contributed by atoms with Crippen molar-refractivity contribution >= 4 is 29.0 Å². The van der Waals surface area contributed by atoms with E-state index in [4.69, 9.17) is 32.0 Å². The first-order chi connectivity index (χ1) is 13.2. The van der Waals surface area contributed by atoms with Crippen LogP contribution in [0, 0.1) is 0 Å². The van der Waals surface area contributed by atoms with E-state index in [0.29, 0.717) is 24.1 Å². The molecule has 5 rings (SSSR count). The molecule has 0 radical (unpaired) electrons. The average molecular weight is 387 g/mol. The van der Waals surface area contributed by atoms with E-state index < -0.39 is 0 Å². The fraction of sp³-hybridized carbons (Fsp3) is 0.412. The van der Waals surface area contributed by atoms with Crippen molar-refractivity contribution in [3.05, 3.63) is 28.9 Å². The summed E-state index contributed by atoms with van der Waals surface area (Å²) in [6, 6.07) is 0. The first-order valence-electron chi connectivity index (χ1n) is 8.93. The Balaban J connectivity index is 1.77. The number of nitrogens with one attached hydrogen (secondary N) is 1. The number of aromatic nitrogens is 5. The van der Waals surface area contributed by atoms with Crippen molar-refractivity contribution in [1.82, 2.24) is 29.7 Å². The Morgan fingerprint density at radius 3 is 2.70 bits per heavy atom. The maximum atomic E-state index is 6.82. The summed E-state index contributed by atoms with van der Waals surface area (Å²) >= 11 is 6.82. The summed E-state index contributed by atoms with van der Waals surface area (Å²) in [4.78, 5) is 20.1. The van der Waals surface area contributed by atoms with Gasteiger partial charge < -0.3 is 20.7 Å². The molecule has 0 atom stereocenters. The number of rotatable bonds is 2. The SMILES string of the molecule is Nc1ncc(-c2nc(N3CCOCC3)c3nc4c(n3c2Cl)CCNC4)cn1. The monoisotopic (exact) mass is 386 g/mol. The number of nitrogens with two attached hydrogens (primary N) is 1. The lowest BCUT2D eigenvalue weighted by Gasteiger charge is -2.28. The van der Waals surface area contributed by atoms with Gasteiger partial charge in [-0.2, -0.15) is 0 Å². The van der Waals surface area contributed by atoms with Crippen LogP contribution in [-0.4, -0.2) is 57.2 Å². The third kappa shape index (κ3) is 2.78. The zero-order valence-electron chi connectivity index (χ0n) is 14.7. The molecule has 0 saturated carbocycles. The van der Waals surface area contributed by atoms with E-state index in [1.54, 1.807) is 12.4 Å². The van der Waals surface area contributed by atoms with Gasteiger partial charge in [0, 0.05) is 56.3 Å². The molecule has 0 spiro atoms. The van der Waals surface area contributed by atoms with E-state index in [1.807, 2.05) is 4.40 Å². The Morgan fingerprint density at radius 2 is 1.93 bits per heavy atom. The van der Waals surface area contributed by atoms with Gasteiger partial charge in [-0.05, 0) is 0 Å².